The van der Waals surface area contributed by atoms with Crippen LogP contribution in [0.15, 0.2) is 45.3 Å². The zero-order valence-corrected chi connectivity index (χ0v) is 17.8. The Morgan fingerprint density at radius 2 is 1.87 bits per heavy atom. The van der Waals surface area contributed by atoms with E-state index in [1.165, 1.54) is 6.07 Å². The smallest absolute Gasteiger partial charge is 0.255 e. The van der Waals surface area contributed by atoms with Crippen molar-refractivity contribution in [3.05, 3.63) is 66.6 Å². The van der Waals surface area contributed by atoms with Crippen molar-refractivity contribution in [2.45, 2.75) is 39.2 Å². The van der Waals surface area contributed by atoms with Gasteiger partial charge in [0, 0.05) is 11.4 Å². The molecule has 0 spiro atoms. The summed E-state index contributed by atoms with van der Waals surface area (Å²) in [6, 6.07) is 8.47. The number of hydrogen-bond acceptors (Lipinski definition) is 7. The number of para-hydroxylation sites is 1. The highest BCUT2D eigenvalue weighted by Gasteiger charge is 2.25. The number of thiophene rings is 1. The SMILES string of the molecule is CCCCNC(=O)c1cccc(Nc2c(N[C@H](CC)c3cccs3)c(=O)c2=O)c1O. The second kappa shape index (κ2) is 9.58. The van der Waals surface area contributed by atoms with Gasteiger partial charge in [-0.25, -0.2) is 0 Å². The highest BCUT2D eigenvalue weighted by Crippen LogP contribution is 2.33. The van der Waals surface area contributed by atoms with Gasteiger partial charge in [0.1, 0.15) is 11.4 Å². The van der Waals surface area contributed by atoms with Gasteiger partial charge >= 0.3 is 0 Å². The first-order chi connectivity index (χ1) is 14.5. The lowest BCUT2D eigenvalue weighted by Crippen LogP contribution is -2.37. The summed E-state index contributed by atoms with van der Waals surface area (Å²) in [6.45, 7) is 4.52. The lowest BCUT2D eigenvalue weighted by atomic mass is 10.1. The molecule has 158 valence electrons. The van der Waals surface area contributed by atoms with E-state index >= 15 is 0 Å². The van der Waals surface area contributed by atoms with Crippen molar-refractivity contribution in [3.8, 4) is 5.75 Å². The number of aromatic hydroxyl groups is 1. The van der Waals surface area contributed by atoms with Crippen LogP contribution in [0, 0.1) is 0 Å². The molecule has 0 aliphatic carbocycles. The molecule has 0 bridgehead atoms. The summed E-state index contributed by atoms with van der Waals surface area (Å²) >= 11 is 1.57. The average molecular weight is 428 g/mol. The van der Waals surface area contributed by atoms with Crippen LogP contribution in [0.3, 0.4) is 0 Å². The summed E-state index contributed by atoms with van der Waals surface area (Å²) in [4.78, 5) is 37.7. The number of phenols is 1. The number of carbonyl (C=O) groups is 1. The quantitative estimate of drug-likeness (QED) is 0.222. The second-order valence-electron chi connectivity index (χ2n) is 6.97. The normalized spacial score (nSPS) is 11.9. The molecule has 1 heterocycles. The molecule has 0 saturated carbocycles. The lowest BCUT2D eigenvalue weighted by Gasteiger charge is -2.21. The van der Waals surface area contributed by atoms with Gasteiger partial charge in [-0.15, -0.1) is 11.3 Å². The van der Waals surface area contributed by atoms with Gasteiger partial charge < -0.3 is 21.1 Å². The number of unbranched alkanes of at least 4 members (excludes halogenated alkanes) is 1. The highest BCUT2D eigenvalue weighted by atomic mass is 32.1. The Balaban J connectivity index is 1.82. The van der Waals surface area contributed by atoms with E-state index in [4.69, 9.17) is 0 Å². The monoisotopic (exact) mass is 427 g/mol. The fourth-order valence-corrected chi connectivity index (χ4v) is 3.98. The van der Waals surface area contributed by atoms with E-state index in [1.54, 1.807) is 23.5 Å². The summed E-state index contributed by atoms with van der Waals surface area (Å²) < 4.78 is 0. The van der Waals surface area contributed by atoms with Crippen molar-refractivity contribution >= 4 is 34.3 Å². The van der Waals surface area contributed by atoms with Crippen LogP contribution in [0.2, 0.25) is 0 Å². The van der Waals surface area contributed by atoms with Crippen LogP contribution >= 0.6 is 11.3 Å². The fourth-order valence-electron chi connectivity index (χ4n) is 3.12. The number of carbonyl (C=O) groups excluding carboxylic acids is 1. The van der Waals surface area contributed by atoms with E-state index in [1.807, 2.05) is 31.4 Å². The highest BCUT2D eigenvalue weighted by molar-refractivity contribution is 7.10. The summed E-state index contributed by atoms with van der Waals surface area (Å²) in [5.41, 5.74) is -0.672. The van der Waals surface area contributed by atoms with E-state index in [0.717, 1.165) is 24.1 Å². The van der Waals surface area contributed by atoms with Crippen molar-refractivity contribution in [1.82, 2.24) is 5.32 Å². The molecule has 0 fully saturated rings. The van der Waals surface area contributed by atoms with Gasteiger partial charge in [0.05, 0.1) is 17.3 Å². The minimum atomic E-state index is -0.657. The molecule has 7 nitrogen and oxygen atoms in total. The van der Waals surface area contributed by atoms with Crippen LogP contribution < -0.4 is 26.8 Å². The first kappa shape index (κ1) is 21.6. The number of anilines is 3. The maximum Gasteiger partial charge on any atom is 0.255 e. The van der Waals surface area contributed by atoms with Crippen molar-refractivity contribution in [2.24, 2.45) is 0 Å². The summed E-state index contributed by atoms with van der Waals surface area (Å²) in [7, 11) is 0. The first-order valence-corrected chi connectivity index (χ1v) is 10.9. The van der Waals surface area contributed by atoms with Gasteiger partial charge in [0.15, 0.2) is 5.75 Å². The molecule has 3 rings (SSSR count). The van der Waals surface area contributed by atoms with Crippen LogP contribution in [0.4, 0.5) is 17.1 Å². The summed E-state index contributed by atoms with van der Waals surface area (Å²) in [5, 5.41) is 21.2. The number of amides is 1. The van der Waals surface area contributed by atoms with Gasteiger partial charge in [-0.3, -0.25) is 14.4 Å². The van der Waals surface area contributed by atoms with Crippen LogP contribution in [-0.4, -0.2) is 17.6 Å². The van der Waals surface area contributed by atoms with Crippen LogP contribution in [-0.2, 0) is 0 Å². The molecule has 3 aromatic rings. The molecule has 1 amide bonds. The minimum Gasteiger partial charge on any atom is -0.505 e. The van der Waals surface area contributed by atoms with Gasteiger partial charge in [-0.05, 0) is 36.4 Å². The molecule has 1 aromatic heterocycles. The molecule has 0 aliphatic heterocycles. The van der Waals surface area contributed by atoms with Gasteiger partial charge in [0.2, 0.25) is 0 Å². The molecule has 4 N–H and O–H groups in total. The molecule has 0 radical (unpaired) electrons. The standard InChI is InChI=1S/C22H25N3O4S/c1-3-5-11-23-22(29)13-8-6-9-15(19(13)26)25-18-17(20(27)21(18)28)24-14(4-2)16-10-7-12-30-16/h6-10,12,14,24-26H,3-5,11H2,1-2H3,(H,23,29)/t14-/m1/s1. The number of rotatable bonds is 10. The second-order valence-corrected chi connectivity index (χ2v) is 7.94. The third kappa shape index (κ3) is 4.38. The summed E-state index contributed by atoms with van der Waals surface area (Å²) in [5.74, 6) is -0.660. The Morgan fingerprint density at radius 3 is 2.53 bits per heavy atom. The molecule has 0 unspecified atom stereocenters. The Labute approximate surface area is 178 Å². The van der Waals surface area contributed by atoms with E-state index < -0.39 is 16.8 Å². The molecule has 0 saturated heterocycles. The van der Waals surface area contributed by atoms with E-state index in [-0.39, 0.29) is 34.4 Å². The topological polar surface area (TPSA) is 108 Å². The number of benzene rings is 1. The predicted molar refractivity (Wildman–Crippen MR) is 121 cm³/mol. The third-order valence-corrected chi connectivity index (χ3v) is 5.87. The van der Waals surface area contributed by atoms with Crippen LogP contribution in [0.25, 0.3) is 0 Å². The van der Waals surface area contributed by atoms with E-state index in [2.05, 4.69) is 16.0 Å². The number of hydrogen-bond donors (Lipinski definition) is 4. The van der Waals surface area contributed by atoms with Gasteiger partial charge in [0.25, 0.3) is 16.8 Å². The fraction of sp³-hybridized carbons (Fsp3) is 0.318. The van der Waals surface area contributed by atoms with E-state index in [0.29, 0.717) is 6.54 Å². The average Bonchev–Trinajstić information content (AvgIpc) is 3.28. The maximum atomic E-state index is 12.3. The Morgan fingerprint density at radius 1 is 1.10 bits per heavy atom. The summed E-state index contributed by atoms with van der Waals surface area (Å²) in [6.07, 6.45) is 2.52. The molecular weight excluding hydrogens is 402 g/mol. The first-order valence-electron chi connectivity index (χ1n) is 9.98. The predicted octanol–water partition coefficient (Wildman–Crippen LogP) is 3.89. The van der Waals surface area contributed by atoms with Crippen molar-refractivity contribution in [1.29, 1.82) is 0 Å². The minimum absolute atomic E-state index is 0.0915. The van der Waals surface area contributed by atoms with Crippen molar-refractivity contribution in [3.63, 3.8) is 0 Å². The van der Waals surface area contributed by atoms with Gasteiger partial charge in [-0.2, -0.15) is 0 Å². The number of nitrogens with one attached hydrogen (secondary N) is 3. The van der Waals surface area contributed by atoms with Crippen LogP contribution in [0.5, 0.6) is 5.75 Å². The molecular formula is C22H25N3O4S. The zero-order chi connectivity index (χ0) is 21.7. The third-order valence-electron chi connectivity index (χ3n) is 4.88. The van der Waals surface area contributed by atoms with Crippen LogP contribution in [0.1, 0.15) is 54.4 Å². The zero-order valence-electron chi connectivity index (χ0n) is 17.0. The van der Waals surface area contributed by atoms with Gasteiger partial charge in [-0.1, -0.05) is 32.4 Å². The van der Waals surface area contributed by atoms with Crippen molar-refractivity contribution in [2.75, 3.05) is 17.2 Å². The lowest BCUT2D eigenvalue weighted by molar-refractivity contribution is 0.0950. The molecule has 0 aliphatic rings. The maximum absolute atomic E-state index is 12.3. The molecule has 2 aromatic carbocycles. The van der Waals surface area contributed by atoms with E-state index in [9.17, 15) is 19.5 Å². The largest absolute Gasteiger partial charge is 0.505 e. The Bertz CT molecular complexity index is 1080. The Kier molecular flexibility index (Phi) is 6.89. The molecule has 30 heavy (non-hydrogen) atoms. The molecule has 1 atom stereocenters. The number of phenolic OH excluding ortho intramolecular Hbond substituents is 1. The van der Waals surface area contributed by atoms with Crippen molar-refractivity contribution < 1.29 is 9.90 Å². The Hall–Kier alpha value is -3.13. The molecule has 8 heteroatoms.